The van der Waals surface area contributed by atoms with Gasteiger partial charge in [0.05, 0.1) is 5.75 Å². The number of rotatable bonds is 6. The number of sulfonamides is 1. The molecule has 0 unspecified atom stereocenters. The zero-order chi connectivity index (χ0) is 20.1. The Morgan fingerprint density at radius 1 is 1.14 bits per heavy atom. The lowest BCUT2D eigenvalue weighted by atomic mass is 9.89. The van der Waals surface area contributed by atoms with Gasteiger partial charge in [-0.2, -0.15) is 0 Å². The van der Waals surface area contributed by atoms with Crippen molar-refractivity contribution in [1.82, 2.24) is 9.62 Å². The molecular weight excluding hydrogens is 403 g/mol. The first-order valence-corrected chi connectivity index (χ1v) is 12.0. The fraction of sp³-hybridized carbons (Fsp3) is 0.650. The minimum Gasteiger partial charge on any atom is -0.356 e. The van der Waals surface area contributed by atoms with Crippen LogP contribution in [0.5, 0.6) is 0 Å². The lowest BCUT2D eigenvalue weighted by Gasteiger charge is -2.31. The van der Waals surface area contributed by atoms with Crippen LogP contribution in [0.1, 0.15) is 50.5 Å². The molecule has 1 heterocycles. The van der Waals surface area contributed by atoms with Crippen molar-refractivity contribution in [1.29, 1.82) is 0 Å². The summed E-state index contributed by atoms with van der Waals surface area (Å²) >= 11 is 5.96. The molecule has 2 fully saturated rings. The molecule has 1 aromatic rings. The molecule has 0 aromatic heterocycles. The highest BCUT2D eigenvalue weighted by atomic mass is 35.5. The molecule has 0 radical (unpaired) electrons. The third-order valence-corrected chi connectivity index (χ3v) is 8.06. The Labute approximate surface area is 171 Å². The Morgan fingerprint density at radius 2 is 1.82 bits per heavy atom. The number of carbonyl (C=O) groups is 1. The summed E-state index contributed by atoms with van der Waals surface area (Å²) in [6, 6.07) is 4.14. The van der Waals surface area contributed by atoms with Crippen LogP contribution in [-0.4, -0.2) is 38.3 Å². The highest BCUT2D eigenvalue weighted by Crippen LogP contribution is 2.26. The number of carbonyl (C=O) groups excluding carboxylic acids is 1. The molecule has 3 rings (SSSR count). The van der Waals surface area contributed by atoms with Crippen molar-refractivity contribution >= 4 is 27.5 Å². The quantitative estimate of drug-likeness (QED) is 0.747. The van der Waals surface area contributed by atoms with Gasteiger partial charge < -0.3 is 5.32 Å². The van der Waals surface area contributed by atoms with Crippen molar-refractivity contribution in [3.63, 3.8) is 0 Å². The molecule has 1 aromatic carbocycles. The number of piperidine rings is 1. The van der Waals surface area contributed by atoms with Crippen LogP contribution in [0, 0.1) is 17.7 Å². The summed E-state index contributed by atoms with van der Waals surface area (Å²) in [5, 5.41) is 3.17. The number of benzene rings is 1. The van der Waals surface area contributed by atoms with Crippen LogP contribution in [0.4, 0.5) is 4.39 Å². The maximum Gasteiger partial charge on any atom is 0.223 e. The van der Waals surface area contributed by atoms with Gasteiger partial charge in [-0.3, -0.25) is 4.79 Å². The molecule has 0 spiro atoms. The van der Waals surface area contributed by atoms with Gasteiger partial charge in [0.25, 0.3) is 0 Å². The number of hydrogen-bond acceptors (Lipinski definition) is 3. The van der Waals surface area contributed by atoms with E-state index >= 15 is 0 Å². The Hall–Kier alpha value is -1.18. The van der Waals surface area contributed by atoms with E-state index in [-0.39, 0.29) is 35.5 Å². The van der Waals surface area contributed by atoms with Gasteiger partial charge in [0.15, 0.2) is 0 Å². The highest BCUT2D eigenvalue weighted by molar-refractivity contribution is 7.88. The number of amides is 1. The molecule has 0 bridgehead atoms. The zero-order valence-corrected chi connectivity index (χ0v) is 17.6. The predicted molar refractivity (Wildman–Crippen MR) is 108 cm³/mol. The second-order valence-electron chi connectivity index (χ2n) is 7.88. The Balaban J connectivity index is 1.50. The minimum absolute atomic E-state index is 0.00323. The summed E-state index contributed by atoms with van der Waals surface area (Å²) in [5.74, 6) is -0.638. The first-order valence-electron chi connectivity index (χ1n) is 10.1. The molecule has 1 N–H and O–H groups in total. The van der Waals surface area contributed by atoms with Gasteiger partial charge in [-0.05, 0) is 43.7 Å². The van der Waals surface area contributed by atoms with Gasteiger partial charge in [-0.1, -0.05) is 36.9 Å². The summed E-state index contributed by atoms with van der Waals surface area (Å²) < 4.78 is 40.6. The molecule has 1 saturated carbocycles. The largest absolute Gasteiger partial charge is 0.356 e. The lowest BCUT2D eigenvalue weighted by molar-refractivity contribution is -0.126. The molecular formula is C20H28ClFN2O3S. The highest BCUT2D eigenvalue weighted by Gasteiger charge is 2.32. The molecule has 8 heteroatoms. The predicted octanol–water partition coefficient (Wildman–Crippen LogP) is 3.72. The van der Waals surface area contributed by atoms with Crippen LogP contribution in [0.2, 0.25) is 5.02 Å². The third-order valence-electron chi connectivity index (χ3n) is 5.90. The average molecular weight is 431 g/mol. The van der Waals surface area contributed by atoms with E-state index in [9.17, 15) is 17.6 Å². The van der Waals surface area contributed by atoms with Gasteiger partial charge in [0.2, 0.25) is 15.9 Å². The molecule has 5 nitrogen and oxygen atoms in total. The van der Waals surface area contributed by atoms with Gasteiger partial charge in [0.1, 0.15) is 5.82 Å². The molecule has 2 aliphatic rings. The summed E-state index contributed by atoms with van der Waals surface area (Å²) in [5.41, 5.74) is -0.00323. The molecule has 0 atom stereocenters. The molecule has 156 valence electrons. The standard InChI is InChI=1S/C20H28ClFN2O3S/c21-18-7-4-8-19(22)17(18)14-28(26,27)24-11-9-16(10-12-24)20(25)23-13-15-5-2-1-3-6-15/h4,7-8,15-16H,1-3,5-6,9-14H2,(H,23,25). The first kappa shape index (κ1) is 21.5. The first-order chi connectivity index (χ1) is 13.4. The monoisotopic (exact) mass is 430 g/mol. The fourth-order valence-corrected chi connectivity index (χ4v) is 6.04. The van der Waals surface area contributed by atoms with Gasteiger partial charge >= 0.3 is 0 Å². The normalized spacial score (nSPS) is 20.2. The van der Waals surface area contributed by atoms with Gasteiger partial charge in [-0.15, -0.1) is 0 Å². The smallest absolute Gasteiger partial charge is 0.223 e. The van der Waals surface area contributed by atoms with E-state index in [0.717, 1.165) is 6.54 Å². The van der Waals surface area contributed by atoms with E-state index in [1.165, 1.54) is 54.6 Å². The summed E-state index contributed by atoms with van der Waals surface area (Å²) in [4.78, 5) is 12.4. The van der Waals surface area contributed by atoms with Crippen molar-refractivity contribution in [3.8, 4) is 0 Å². The van der Waals surface area contributed by atoms with E-state index in [1.54, 1.807) is 0 Å². The molecule has 1 aliphatic carbocycles. The van der Waals surface area contributed by atoms with Crippen LogP contribution < -0.4 is 5.32 Å². The van der Waals surface area contributed by atoms with Crippen molar-refractivity contribution in [3.05, 3.63) is 34.6 Å². The van der Waals surface area contributed by atoms with Crippen molar-refractivity contribution in [2.45, 2.75) is 50.7 Å². The maximum atomic E-state index is 13.9. The maximum absolute atomic E-state index is 13.9. The topological polar surface area (TPSA) is 66.5 Å². The van der Waals surface area contributed by atoms with E-state index in [0.29, 0.717) is 18.8 Å². The van der Waals surface area contributed by atoms with Crippen LogP contribution >= 0.6 is 11.6 Å². The summed E-state index contributed by atoms with van der Waals surface area (Å²) in [6.45, 7) is 1.27. The lowest BCUT2D eigenvalue weighted by Crippen LogP contribution is -2.44. The van der Waals surface area contributed by atoms with Crippen LogP contribution in [-0.2, 0) is 20.6 Å². The van der Waals surface area contributed by atoms with E-state index in [4.69, 9.17) is 11.6 Å². The molecule has 28 heavy (non-hydrogen) atoms. The van der Waals surface area contributed by atoms with Gasteiger partial charge in [-0.25, -0.2) is 17.1 Å². The van der Waals surface area contributed by atoms with Crippen LogP contribution in [0.3, 0.4) is 0 Å². The zero-order valence-electron chi connectivity index (χ0n) is 16.0. The van der Waals surface area contributed by atoms with Crippen molar-refractivity contribution in [2.75, 3.05) is 19.6 Å². The molecule has 1 aliphatic heterocycles. The number of nitrogens with one attached hydrogen (secondary N) is 1. The fourth-order valence-electron chi connectivity index (χ4n) is 4.12. The SMILES string of the molecule is O=C(NCC1CCCCC1)C1CCN(S(=O)(=O)Cc2c(F)cccc2Cl)CC1. The van der Waals surface area contributed by atoms with Gasteiger partial charge in [0, 0.05) is 36.1 Å². The van der Waals surface area contributed by atoms with Crippen molar-refractivity contribution < 1.29 is 17.6 Å². The molecule has 1 saturated heterocycles. The Kier molecular flexibility index (Phi) is 7.34. The number of hydrogen-bond donors (Lipinski definition) is 1. The van der Waals surface area contributed by atoms with E-state index in [2.05, 4.69) is 5.32 Å². The summed E-state index contributed by atoms with van der Waals surface area (Å²) in [7, 11) is -3.68. The Bertz CT molecular complexity index is 768. The average Bonchev–Trinajstić information content (AvgIpc) is 2.70. The Morgan fingerprint density at radius 3 is 2.46 bits per heavy atom. The molecule has 1 amide bonds. The second-order valence-corrected chi connectivity index (χ2v) is 10.3. The summed E-state index contributed by atoms with van der Waals surface area (Å²) in [6.07, 6.45) is 7.09. The third kappa shape index (κ3) is 5.45. The minimum atomic E-state index is -3.68. The number of nitrogens with zero attached hydrogens (tertiary/aromatic N) is 1. The van der Waals surface area contributed by atoms with E-state index in [1.807, 2.05) is 0 Å². The van der Waals surface area contributed by atoms with Crippen molar-refractivity contribution in [2.24, 2.45) is 11.8 Å². The van der Waals surface area contributed by atoms with E-state index < -0.39 is 21.6 Å². The second kappa shape index (κ2) is 9.55. The van der Waals surface area contributed by atoms with Crippen LogP contribution in [0.25, 0.3) is 0 Å². The van der Waals surface area contributed by atoms with Crippen LogP contribution in [0.15, 0.2) is 18.2 Å². The number of halogens is 2.